The third-order valence-corrected chi connectivity index (χ3v) is 11.0. The van der Waals surface area contributed by atoms with Crippen molar-refractivity contribution >= 4 is 50.7 Å². The van der Waals surface area contributed by atoms with Crippen LogP contribution in [0.4, 0.5) is 22.7 Å². The van der Waals surface area contributed by atoms with Gasteiger partial charge in [-0.25, -0.2) is 4.98 Å². The van der Waals surface area contributed by atoms with Crippen molar-refractivity contribution in [2.45, 2.75) is 66.1 Å². The Balaban J connectivity index is 1.27. The zero-order chi connectivity index (χ0) is 58.2. The van der Waals surface area contributed by atoms with Gasteiger partial charge in [0.1, 0.15) is 17.3 Å². The minimum atomic E-state index is -3.14. The summed E-state index contributed by atoms with van der Waals surface area (Å²) in [5, 5.41) is 0.865. The molecule has 10 rings (SSSR count). The van der Waals surface area contributed by atoms with Crippen LogP contribution in [0.3, 0.4) is 0 Å². The number of pyridine rings is 2. The van der Waals surface area contributed by atoms with Crippen LogP contribution in [0.1, 0.15) is 87.1 Å². The fourth-order valence-corrected chi connectivity index (χ4v) is 7.75. The molecule has 0 bridgehead atoms. The Kier molecular flexibility index (Phi) is 6.00. The van der Waals surface area contributed by atoms with Gasteiger partial charge >= 0.3 is 6.01 Å². The number of fused-ring (bicyclic) bond motifs is 4. The van der Waals surface area contributed by atoms with E-state index in [1.807, 2.05) is 73.9 Å². The van der Waals surface area contributed by atoms with Crippen molar-refractivity contribution in [1.29, 1.82) is 0 Å². The predicted molar refractivity (Wildman–Crippen MR) is 261 cm³/mol. The maximum atomic E-state index is 9.52. The third kappa shape index (κ3) is 7.33. The Labute approximate surface area is 393 Å². The van der Waals surface area contributed by atoms with Gasteiger partial charge in [-0.05, 0) is 110 Å². The molecule has 6 nitrogen and oxygen atoms in total. The van der Waals surface area contributed by atoms with Gasteiger partial charge in [0, 0.05) is 50.3 Å². The summed E-state index contributed by atoms with van der Waals surface area (Å²) < 4.78 is 161. The minimum absolute atomic E-state index is 0.164. The van der Waals surface area contributed by atoms with E-state index in [9.17, 15) is 9.60 Å². The molecule has 3 aromatic heterocycles. The molecule has 1 aliphatic heterocycles. The molecule has 6 heteroatoms. The maximum Gasteiger partial charge on any atom is 0.503 e. The second kappa shape index (κ2) is 15.2. The number of nitrogens with zero attached hydrogens (tertiary/aromatic N) is 5. The number of para-hydroxylation sites is 3. The van der Waals surface area contributed by atoms with E-state index in [-0.39, 0.29) is 11.1 Å². The SMILES string of the molecule is [2H]c1c([2H])c(-c2c([2H])c([2H])c(C([2H])([2H])[2H])c([2H])c2[2H])c([N+]2=C=[N+](c3cc(Oc4ccc5c6ncccc6n(-c6cc(C(C)(C)C)ccn6)c5c4)cc(C(C)(C)C)c3)c3ccccc32)c(-c2c([2H])c([2H])c(C([2H])([2H])[2H])c([2H])c2[2H])c1[2H]. The van der Waals surface area contributed by atoms with Crippen molar-refractivity contribution in [3.05, 3.63) is 186 Å². The van der Waals surface area contributed by atoms with Crippen molar-refractivity contribution in [2.24, 2.45) is 0 Å². The lowest BCUT2D eigenvalue weighted by Gasteiger charge is -2.20. The largest absolute Gasteiger partial charge is 0.503 e. The van der Waals surface area contributed by atoms with Crippen molar-refractivity contribution in [3.8, 4) is 39.6 Å². The van der Waals surface area contributed by atoms with Crippen LogP contribution in [0.15, 0.2) is 164 Å². The molecule has 0 aliphatic carbocycles. The fraction of sp³-hybridized carbons (Fsp3) is 0.175. The average Bonchev–Trinajstić information content (AvgIpc) is 4.01. The van der Waals surface area contributed by atoms with Gasteiger partial charge in [-0.15, -0.1) is 0 Å². The van der Waals surface area contributed by atoms with E-state index in [1.54, 1.807) is 47.3 Å². The Bertz CT molecular complexity index is 4050. The van der Waals surface area contributed by atoms with Gasteiger partial charge < -0.3 is 4.74 Å². The normalized spacial score (nSPS) is 17.0. The van der Waals surface area contributed by atoms with Crippen LogP contribution in [-0.4, -0.2) is 20.5 Å². The zero-order valence-corrected chi connectivity index (χ0v) is 35.4. The summed E-state index contributed by atoms with van der Waals surface area (Å²) >= 11 is 0. The molecule has 0 radical (unpaired) electrons. The standard InChI is InChI=1S/C57H51N5O/c1-37-18-22-39(23-19-37)46-13-11-14-47(40-24-20-38(2)21-25-40)55(46)61-36-60(49-15-9-10-16-50(49)61)43-31-42(57(6,7)8)32-45(34-43)63-44-26-27-48-52(35-44)62(51-17-12-29-59-54(48)51)53-33-41(28-30-58-53)56(3,4)5/h9-35H,1-8H3/q+2/i1D3,2D3,11D,13D,14D,18D,19D,20D,21D,22D,23D,24D,25D. The quantitative estimate of drug-likeness (QED) is 0.150. The predicted octanol–water partition coefficient (Wildman–Crippen LogP) is 14.8. The van der Waals surface area contributed by atoms with Gasteiger partial charge in [-0.1, -0.05) is 119 Å². The van der Waals surface area contributed by atoms with Gasteiger partial charge in [0.2, 0.25) is 11.4 Å². The lowest BCUT2D eigenvalue weighted by Crippen LogP contribution is -2.12. The first-order valence-corrected chi connectivity index (χ1v) is 20.3. The second-order valence-electron chi connectivity index (χ2n) is 17.3. The number of benzene rings is 6. The lowest BCUT2D eigenvalue weighted by molar-refractivity contribution is 0.479. The van der Waals surface area contributed by atoms with Crippen molar-refractivity contribution < 1.29 is 28.0 Å². The van der Waals surface area contributed by atoms with E-state index >= 15 is 0 Å². The van der Waals surface area contributed by atoms with Gasteiger partial charge in [0.05, 0.1) is 48.8 Å². The summed E-state index contributed by atoms with van der Waals surface area (Å²) in [5.74, 6) is 1.54. The summed E-state index contributed by atoms with van der Waals surface area (Å²) in [6.07, 6.45) is 3.53. The molecule has 0 saturated heterocycles. The molecule has 0 spiro atoms. The Morgan fingerprint density at radius 3 is 1.92 bits per heavy atom. The summed E-state index contributed by atoms with van der Waals surface area (Å²) in [4.78, 5) is 9.55. The Hall–Kier alpha value is -7.40. The summed E-state index contributed by atoms with van der Waals surface area (Å²) in [5.41, 5.74) is -0.0968. The lowest BCUT2D eigenvalue weighted by atomic mass is 9.86. The highest BCUT2D eigenvalue weighted by Crippen LogP contribution is 2.45. The van der Waals surface area contributed by atoms with Crippen LogP contribution >= 0.6 is 0 Å². The van der Waals surface area contributed by atoms with Crippen molar-refractivity contribution in [2.75, 3.05) is 0 Å². The van der Waals surface area contributed by atoms with Crippen molar-refractivity contribution in [3.63, 3.8) is 0 Å². The number of hydrogen-bond acceptors (Lipinski definition) is 3. The van der Waals surface area contributed by atoms with Crippen LogP contribution in [0, 0.1) is 13.7 Å². The first kappa shape index (κ1) is 24.9. The van der Waals surface area contributed by atoms with Gasteiger partial charge in [0.25, 0.3) is 11.4 Å². The van der Waals surface area contributed by atoms with Crippen LogP contribution in [0.25, 0.3) is 50.0 Å². The molecule has 4 heterocycles. The number of aromatic nitrogens is 3. The van der Waals surface area contributed by atoms with E-state index in [0.717, 1.165) is 33.1 Å². The first-order chi connectivity index (χ1) is 37.3. The Morgan fingerprint density at radius 2 is 1.27 bits per heavy atom. The highest BCUT2D eigenvalue weighted by Gasteiger charge is 2.39. The summed E-state index contributed by atoms with van der Waals surface area (Å²) in [7, 11) is 0. The Morgan fingerprint density at radius 1 is 0.603 bits per heavy atom. The molecular weight excluding hydrogens is 771 g/mol. The fourth-order valence-electron chi connectivity index (χ4n) is 7.75. The summed E-state index contributed by atoms with van der Waals surface area (Å²) in [6.45, 7) is 6.18. The topological polar surface area (TPSA) is 46.0 Å². The molecular formula is C57H51N5O+2. The molecule has 0 unspecified atom stereocenters. The summed E-state index contributed by atoms with van der Waals surface area (Å²) in [6, 6.07) is 19.0. The maximum absolute atomic E-state index is 9.52. The van der Waals surface area contributed by atoms with Crippen LogP contribution < -0.4 is 13.9 Å². The molecule has 0 atom stereocenters. The van der Waals surface area contributed by atoms with Crippen LogP contribution in [0.2, 0.25) is 0 Å². The molecule has 0 fully saturated rings. The smallest absolute Gasteiger partial charge is 0.457 e. The molecule has 0 saturated carbocycles. The number of ether oxygens (including phenoxy) is 1. The van der Waals surface area contributed by atoms with E-state index < -0.39 is 125 Å². The van der Waals surface area contributed by atoms with Gasteiger partial charge in [-0.2, -0.15) is 0 Å². The second-order valence-corrected chi connectivity index (χ2v) is 17.3. The van der Waals surface area contributed by atoms with Gasteiger partial charge in [0.15, 0.2) is 0 Å². The van der Waals surface area contributed by atoms with Gasteiger partial charge in [-0.3, -0.25) is 9.55 Å². The molecule has 1 aliphatic rings. The molecule has 9 aromatic rings. The molecule has 6 aromatic carbocycles. The zero-order valence-electron chi connectivity index (χ0n) is 52.4. The number of hydrogen-bond donors (Lipinski definition) is 0. The molecule has 0 amide bonds. The number of rotatable bonds is 7. The molecule has 308 valence electrons. The third-order valence-electron chi connectivity index (χ3n) is 11.0. The van der Waals surface area contributed by atoms with E-state index in [4.69, 9.17) is 28.4 Å². The first-order valence-electron chi connectivity index (χ1n) is 28.8. The highest BCUT2D eigenvalue weighted by molar-refractivity contribution is 6.07. The van der Waals surface area contributed by atoms with E-state index in [0.29, 0.717) is 28.7 Å². The van der Waals surface area contributed by atoms with Crippen LogP contribution in [0.5, 0.6) is 11.5 Å². The van der Waals surface area contributed by atoms with Crippen molar-refractivity contribution in [1.82, 2.24) is 23.7 Å². The highest BCUT2D eigenvalue weighted by atomic mass is 16.5. The molecule has 63 heavy (non-hydrogen) atoms. The van der Waals surface area contributed by atoms with Crippen LogP contribution in [-0.2, 0) is 10.8 Å². The van der Waals surface area contributed by atoms with E-state index in [2.05, 4.69) is 32.8 Å². The minimum Gasteiger partial charge on any atom is -0.457 e. The monoisotopic (exact) mass is 839 g/mol. The van der Waals surface area contributed by atoms with E-state index in [1.165, 1.54) is 4.58 Å². The molecule has 0 N–H and O–H groups in total. The average molecular weight is 839 g/mol.